The molecule has 4 rings (SSSR count). The molecule has 0 radical (unpaired) electrons. The van der Waals surface area contributed by atoms with Gasteiger partial charge in [-0.15, -0.1) is 0 Å². The first-order valence-corrected chi connectivity index (χ1v) is 12.7. The number of pyridine rings is 2. The van der Waals surface area contributed by atoms with Crippen LogP contribution in [0.5, 0.6) is 0 Å². The molecule has 3 atom stereocenters. The van der Waals surface area contributed by atoms with Crippen LogP contribution in [-0.2, 0) is 16.1 Å². The van der Waals surface area contributed by atoms with Crippen molar-refractivity contribution in [3.63, 3.8) is 0 Å². The molecule has 0 aliphatic carbocycles. The molecule has 0 spiro atoms. The second kappa shape index (κ2) is 11.8. The van der Waals surface area contributed by atoms with Gasteiger partial charge in [-0.2, -0.15) is 16.3 Å². The van der Waals surface area contributed by atoms with Crippen LogP contribution in [0.1, 0.15) is 25.7 Å². The fourth-order valence-electron chi connectivity index (χ4n) is 4.29. The number of amides is 4. The summed E-state index contributed by atoms with van der Waals surface area (Å²) in [5.41, 5.74) is 2.14. The Hall–Kier alpha value is -3.14. The zero-order valence-corrected chi connectivity index (χ0v) is 19.9. The van der Waals surface area contributed by atoms with E-state index in [1.165, 1.54) is 0 Å². The Morgan fingerprint density at radius 2 is 1.71 bits per heavy atom. The molecule has 0 saturated carbocycles. The second-order valence-corrected chi connectivity index (χ2v) is 9.83. The number of rotatable bonds is 11. The molecular formula is C24H31N6O3S+. The summed E-state index contributed by atoms with van der Waals surface area (Å²) in [6.07, 6.45) is 10.5. The van der Waals surface area contributed by atoms with Crippen LogP contribution in [0.25, 0.3) is 11.1 Å². The first-order chi connectivity index (χ1) is 16.6. The Balaban J connectivity index is 1.05. The number of hydrogen-bond acceptors (Lipinski definition) is 5. The van der Waals surface area contributed by atoms with Crippen molar-refractivity contribution in [1.82, 2.24) is 26.3 Å². The van der Waals surface area contributed by atoms with E-state index in [2.05, 4.69) is 26.3 Å². The molecule has 2 aliphatic rings. The summed E-state index contributed by atoms with van der Waals surface area (Å²) in [5.74, 6) is 0.857. The van der Waals surface area contributed by atoms with E-state index in [4.69, 9.17) is 0 Å². The van der Waals surface area contributed by atoms with Crippen molar-refractivity contribution < 1.29 is 19.0 Å². The summed E-state index contributed by atoms with van der Waals surface area (Å²) >= 11 is 1.89. The summed E-state index contributed by atoms with van der Waals surface area (Å²) in [6, 6.07) is 8.21. The molecule has 4 heterocycles. The highest BCUT2D eigenvalue weighted by molar-refractivity contribution is 8.00. The highest BCUT2D eigenvalue weighted by Gasteiger charge is 2.42. The molecule has 9 nitrogen and oxygen atoms in total. The number of carbonyl (C=O) groups is 3. The third-order valence-electron chi connectivity index (χ3n) is 6.08. The Labute approximate surface area is 203 Å². The van der Waals surface area contributed by atoms with E-state index >= 15 is 0 Å². The molecule has 180 valence electrons. The maximum Gasteiger partial charge on any atom is 0.315 e. The lowest BCUT2D eigenvalue weighted by Gasteiger charge is -2.16. The highest BCUT2D eigenvalue weighted by atomic mass is 32.2. The number of unbranched alkanes of at least 4 members (excludes halogenated alkanes) is 1. The van der Waals surface area contributed by atoms with E-state index < -0.39 is 0 Å². The molecule has 0 aromatic carbocycles. The largest absolute Gasteiger partial charge is 0.354 e. The Morgan fingerprint density at radius 3 is 2.47 bits per heavy atom. The molecule has 2 saturated heterocycles. The topological polar surface area (TPSA) is 116 Å². The van der Waals surface area contributed by atoms with Gasteiger partial charge in [0.05, 0.1) is 12.1 Å². The number of urea groups is 1. The Morgan fingerprint density at radius 1 is 1.00 bits per heavy atom. The summed E-state index contributed by atoms with van der Waals surface area (Å²) < 4.78 is 1.82. The van der Waals surface area contributed by atoms with Crippen LogP contribution >= 0.6 is 11.8 Å². The van der Waals surface area contributed by atoms with Gasteiger partial charge in [0.2, 0.25) is 12.5 Å². The molecule has 4 N–H and O–H groups in total. The molecule has 4 amide bonds. The summed E-state index contributed by atoms with van der Waals surface area (Å²) in [4.78, 5) is 39.7. The minimum atomic E-state index is -0.100. The molecule has 0 unspecified atom stereocenters. The fourth-order valence-corrected chi connectivity index (χ4v) is 5.83. The fraction of sp³-hybridized carbons (Fsp3) is 0.458. The van der Waals surface area contributed by atoms with Crippen LogP contribution in [-0.4, -0.2) is 59.0 Å². The van der Waals surface area contributed by atoms with Crippen molar-refractivity contribution >= 4 is 29.6 Å². The van der Waals surface area contributed by atoms with Crippen LogP contribution in [0.4, 0.5) is 4.79 Å². The van der Waals surface area contributed by atoms with E-state index in [1.807, 2.05) is 53.0 Å². The van der Waals surface area contributed by atoms with Crippen molar-refractivity contribution in [2.75, 3.05) is 18.8 Å². The van der Waals surface area contributed by atoms with Gasteiger partial charge in [-0.05, 0) is 36.1 Å². The van der Waals surface area contributed by atoms with Gasteiger partial charge in [0.15, 0.2) is 12.4 Å². The Bertz CT molecular complexity index is 988. The number of hydrogen-bond donors (Lipinski definition) is 4. The standard InChI is InChI=1S/C24H30N6O3S/c31-21(4-2-1-3-20-23-19(16-34-20)28-24(33)29-23)26-11-12-27-22(32)15-30-13-7-18(8-14-30)17-5-9-25-10-6-17/h5-10,13-14,19-20,23H,1-4,11-12,15-16H2,(H3-,26,27,28,29,31,32,33)/p+1/t19-,20-,23-/m0/s1. The molecule has 2 fully saturated rings. The number of nitrogens with zero attached hydrogens (tertiary/aromatic N) is 2. The molecule has 2 aromatic heterocycles. The second-order valence-electron chi connectivity index (χ2n) is 8.56. The lowest BCUT2D eigenvalue weighted by atomic mass is 10.0. The smallest absolute Gasteiger partial charge is 0.315 e. The predicted molar refractivity (Wildman–Crippen MR) is 130 cm³/mol. The summed E-state index contributed by atoms with van der Waals surface area (Å²) in [7, 11) is 0. The number of fused-ring (bicyclic) bond motifs is 1. The normalized spacial score (nSPS) is 20.8. The lowest BCUT2D eigenvalue weighted by Crippen LogP contribution is -2.44. The molecule has 34 heavy (non-hydrogen) atoms. The first-order valence-electron chi connectivity index (χ1n) is 11.7. The molecule has 0 bridgehead atoms. The summed E-state index contributed by atoms with van der Waals surface area (Å²) in [5, 5.41) is 12.1. The minimum absolute atomic E-state index is 0.00288. The highest BCUT2D eigenvalue weighted by Crippen LogP contribution is 2.33. The van der Waals surface area contributed by atoms with Crippen molar-refractivity contribution in [1.29, 1.82) is 0 Å². The van der Waals surface area contributed by atoms with Gasteiger partial charge in [-0.1, -0.05) is 6.42 Å². The van der Waals surface area contributed by atoms with Gasteiger partial charge in [0.25, 0.3) is 5.91 Å². The van der Waals surface area contributed by atoms with E-state index in [-0.39, 0.29) is 36.5 Å². The minimum Gasteiger partial charge on any atom is -0.354 e. The average Bonchev–Trinajstić information content (AvgIpc) is 3.40. The number of carbonyl (C=O) groups excluding carboxylic acids is 3. The van der Waals surface area contributed by atoms with Crippen molar-refractivity contribution in [2.24, 2.45) is 0 Å². The van der Waals surface area contributed by atoms with Gasteiger partial charge < -0.3 is 21.3 Å². The number of thioether (sulfide) groups is 1. The van der Waals surface area contributed by atoms with Crippen LogP contribution in [0.3, 0.4) is 0 Å². The lowest BCUT2D eigenvalue weighted by molar-refractivity contribution is -0.684. The molecule has 10 heteroatoms. The van der Waals surface area contributed by atoms with Crippen LogP contribution < -0.4 is 25.8 Å². The van der Waals surface area contributed by atoms with Crippen LogP contribution in [0.15, 0.2) is 49.1 Å². The van der Waals surface area contributed by atoms with Gasteiger partial charge in [-0.3, -0.25) is 14.6 Å². The first kappa shape index (κ1) is 24.0. The third-order valence-corrected chi connectivity index (χ3v) is 7.59. The van der Waals surface area contributed by atoms with Gasteiger partial charge in [0.1, 0.15) is 0 Å². The average molecular weight is 484 g/mol. The number of nitrogens with one attached hydrogen (secondary N) is 4. The van der Waals surface area contributed by atoms with Gasteiger partial charge in [0, 0.05) is 55.0 Å². The monoisotopic (exact) mass is 483 g/mol. The Kier molecular flexibility index (Phi) is 8.35. The third kappa shape index (κ3) is 6.69. The molecular weight excluding hydrogens is 452 g/mol. The maximum atomic E-state index is 12.2. The molecule has 2 aliphatic heterocycles. The van der Waals surface area contributed by atoms with Gasteiger partial charge in [-0.25, -0.2) is 4.79 Å². The number of aromatic nitrogens is 2. The van der Waals surface area contributed by atoms with Crippen LogP contribution in [0.2, 0.25) is 0 Å². The van der Waals surface area contributed by atoms with E-state index in [0.29, 0.717) is 24.8 Å². The van der Waals surface area contributed by atoms with E-state index in [1.54, 1.807) is 12.4 Å². The van der Waals surface area contributed by atoms with Crippen molar-refractivity contribution in [3.05, 3.63) is 49.1 Å². The molecule has 2 aromatic rings. The zero-order chi connectivity index (χ0) is 23.8. The van der Waals surface area contributed by atoms with Gasteiger partial charge >= 0.3 is 6.03 Å². The van der Waals surface area contributed by atoms with E-state index in [0.717, 1.165) is 36.1 Å². The van der Waals surface area contributed by atoms with E-state index in [9.17, 15) is 14.4 Å². The maximum absolute atomic E-state index is 12.2. The predicted octanol–water partition coefficient (Wildman–Crippen LogP) is 0.994. The van der Waals surface area contributed by atoms with Crippen molar-refractivity contribution in [3.8, 4) is 11.1 Å². The zero-order valence-electron chi connectivity index (χ0n) is 19.0. The quantitative estimate of drug-likeness (QED) is 0.216. The van der Waals surface area contributed by atoms with Crippen molar-refractivity contribution in [2.45, 2.75) is 49.6 Å². The van der Waals surface area contributed by atoms with Crippen LogP contribution in [0, 0.1) is 0 Å². The SMILES string of the molecule is O=C(CCCC[C@@H]1SC[C@@H]2NC(=O)N[C@@H]21)NCCNC(=O)C[n+]1ccc(-c2ccncc2)cc1. The summed E-state index contributed by atoms with van der Waals surface area (Å²) in [6.45, 7) is 1.03.